The fourth-order valence-electron chi connectivity index (χ4n) is 3.57. The Morgan fingerprint density at radius 3 is 2.52 bits per heavy atom. The van der Waals surface area contributed by atoms with Crippen molar-refractivity contribution in [2.45, 2.75) is 19.8 Å². The molecule has 0 saturated carbocycles. The number of carbonyl (C=O) groups excluding carboxylic acids is 2. The lowest BCUT2D eigenvalue weighted by molar-refractivity contribution is 0.0387. The monoisotopic (exact) mass is 465 g/mol. The number of anilines is 1. The second-order valence-electron chi connectivity index (χ2n) is 7.42. The van der Waals surface area contributed by atoms with Crippen molar-refractivity contribution in [3.63, 3.8) is 0 Å². The van der Waals surface area contributed by atoms with E-state index in [1.165, 1.54) is 7.11 Å². The second kappa shape index (κ2) is 10.8. The molecule has 8 heteroatoms. The van der Waals surface area contributed by atoms with Gasteiger partial charge in [0.1, 0.15) is 12.3 Å². The molecular weight excluding hydrogens is 442 g/mol. The van der Waals surface area contributed by atoms with Gasteiger partial charge in [0.15, 0.2) is 0 Å². The first-order valence-corrected chi connectivity index (χ1v) is 10.7. The molecule has 1 unspecified atom stereocenters. The molecule has 3 aromatic rings. The maximum absolute atomic E-state index is 12.9. The Morgan fingerprint density at radius 1 is 1.15 bits per heavy atom. The lowest BCUT2D eigenvalue weighted by Gasteiger charge is -2.13. The SMILES string of the molecule is COCCOC(=O)c1c(C)[nH]c(C(=O)Nc2ccc(C(C#N)c3ccccc3)c(Cl)c2)c1C. The number of amides is 1. The molecule has 3 rings (SSSR count). The van der Waals surface area contributed by atoms with Gasteiger partial charge in [-0.25, -0.2) is 4.79 Å². The fraction of sp³-hybridized carbons (Fsp3) is 0.240. The molecule has 2 aromatic carbocycles. The summed E-state index contributed by atoms with van der Waals surface area (Å²) in [4.78, 5) is 28.2. The smallest absolute Gasteiger partial charge is 0.340 e. The number of ether oxygens (including phenoxy) is 2. The first-order valence-electron chi connectivity index (χ1n) is 10.3. The van der Waals surface area contributed by atoms with Gasteiger partial charge in [-0.15, -0.1) is 0 Å². The van der Waals surface area contributed by atoms with Gasteiger partial charge in [0, 0.05) is 23.5 Å². The number of nitrogens with one attached hydrogen (secondary N) is 2. The number of methoxy groups -OCH3 is 1. The van der Waals surface area contributed by atoms with Crippen LogP contribution in [0.25, 0.3) is 0 Å². The zero-order chi connectivity index (χ0) is 24.0. The van der Waals surface area contributed by atoms with Gasteiger partial charge in [0.2, 0.25) is 0 Å². The number of nitrogens with zero attached hydrogens (tertiary/aromatic N) is 1. The summed E-state index contributed by atoms with van der Waals surface area (Å²) in [5.74, 6) is -1.47. The van der Waals surface area contributed by atoms with Gasteiger partial charge in [-0.1, -0.05) is 48.0 Å². The molecule has 0 aliphatic heterocycles. The van der Waals surface area contributed by atoms with Crippen LogP contribution in [0.2, 0.25) is 5.02 Å². The van der Waals surface area contributed by atoms with Crippen molar-refractivity contribution in [2.24, 2.45) is 0 Å². The third-order valence-corrected chi connectivity index (χ3v) is 5.55. The lowest BCUT2D eigenvalue weighted by atomic mass is 9.92. The fourth-order valence-corrected chi connectivity index (χ4v) is 3.86. The van der Waals surface area contributed by atoms with E-state index in [0.717, 1.165) is 5.56 Å². The Bertz CT molecular complexity index is 1200. The predicted octanol–water partition coefficient (Wildman–Crippen LogP) is 5.00. The third kappa shape index (κ3) is 5.43. The van der Waals surface area contributed by atoms with Crippen LogP contribution in [0.3, 0.4) is 0 Å². The van der Waals surface area contributed by atoms with Crippen LogP contribution in [0.4, 0.5) is 5.69 Å². The maximum atomic E-state index is 12.9. The van der Waals surface area contributed by atoms with Gasteiger partial charge in [-0.05, 0) is 42.7 Å². The number of carbonyl (C=O) groups is 2. The summed E-state index contributed by atoms with van der Waals surface area (Å²) >= 11 is 6.46. The van der Waals surface area contributed by atoms with Crippen molar-refractivity contribution in [3.8, 4) is 6.07 Å². The average Bonchev–Trinajstić information content (AvgIpc) is 3.10. The molecule has 1 aromatic heterocycles. The number of hydrogen-bond donors (Lipinski definition) is 2. The first-order chi connectivity index (χ1) is 15.9. The molecule has 0 aliphatic rings. The third-order valence-electron chi connectivity index (χ3n) is 5.22. The Labute approximate surface area is 197 Å². The molecule has 2 N–H and O–H groups in total. The minimum Gasteiger partial charge on any atom is -0.460 e. The Morgan fingerprint density at radius 2 is 1.88 bits per heavy atom. The van der Waals surface area contributed by atoms with Crippen molar-refractivity contribution in [1.29, 1.82) is 5.26 Å². The largest absolute Gasteiger partial charge is 0.460 e. The van der Waals surface area contributed by atoms with Crippen molar-refractivity contribution in [3.05, 3.63) is 87.2 Å². The standard InChI is InChI=1S/C25H24ClN3O4/c1-15-22(25(31)33-12-11-32-3)16(2)28-23(15)24(30)29-18-9-10-19(21(26)13-18)20(14-27)17-7-5-4-6-8-17/h4-10,13,20,28H,11-12H2,1-3H3,(H,29,30). The van der Waals surface area contributed by atoms with Crippen LogP contribution < -0.4 is 5.32 Å². The molecule has 1 atom stereocenters. The summed E-state index contributed by atoms with van der Waals surface area (Å²) in [6.07, 6.45) is 0. The van der Waals surface area contributed by atoms with E-state index in [0.29, 0.717) is 33.1 Å². The predicted molar refractivity (Wildman–Crippen MR) is 126 cm³/mol. The van der Waals surface area contributed by atoms with E-state index in [2.05, 4.69) is 16.4 Å². The molecule has 0 aliphatic carbocycles. The van der Waals surface area contributed by atoms with Gasteiger partial charge in [-0.2, -0.15) is 5.26 Å². The molecule has 7 nitrogen and oxygen atoms in total. The van der Waals surface area contributed by atoms with Crippen molar-refractivity contribution < 1.29 is 19.1 Å². The molecule has 0 spiro atoms. The number of aryl methyl sites for hydroxylation is 1. The quantitative estimate of drug-likeness (QED) is 0.360. The minimum absolute atomic E-state index is 0.123. The Hall–Kier alpha value is -3.60. The van der Waals surface area contributed by atoms with Gasteiger partial charge < -0.3 is 19.8 Å². The molecule has 170 valence electrons. The molecule has 0 fully saturated rings. The molecule has 33 heavy (non-hydrogen) atoms. The number of benzene rings is 2. The number of halogens is 1. The summed E-state index contributed by atoms with van der Waals surface area (Å²) in [6.45, 7) is 3.79. The van der Waals surface area contributed by atoms with E-state index in [1.807, 2.05) is 30.3 Å². The van der Waals surface area contributed by atoms with Crippen LogP contribution in [-0.4, -0.2) is 37.2 Å². The van der Waals surface area contributed by atoms with Crippen molar-refractivity contribution in [1.82, 2.24) is 4.98 Å². The van der Waals surface area contributed by atoms with E-state index in [4.69, 9.17) is 21.1 Å². The lowest BCUT2D eigenvalue weighted by Crippen LogP contribution is -2.15. The second-order valence-corrected chi connectivity index (χ2v) is 7.82. The minimum atomic E-state index is -0.525. The number of nitriles is 1. The van der Waals surface area contributed by atoms with Gasteiger partial charge >= 0.3 is 5.97 Å². The van der Waals surface area contributed by atoms with Crippen LogP contribution in [-0.2, 0) is 9.47 Å². The van der Waals surface area contributed by atoms with Gasteiger partial charge in [0.05, 0.1) is 24.2 Å². The number of hydrogen-bond acceptors (Lipinski definition) is 5. The highest BCUT2D eigenvalue weighted by atomic mass is 35.5. The number of aromatic nitrogens is 1. The molecule has 0 saturated heterocycles. The summed E-state index contributed by atoms with van der Waals surface area (Å²) < 4.78 is 10.1. The summed E-state index contributed by atoms with van der Waals surface area (Å²) in [5, 5.41) is 12.8. The maximum Gasteiger partial charge on any atom is 0.340 e. The highest BCUT2D eigenvalue weighted by molar-refractivity contribution is 6.32. The van der Waals surface area contributed by atoms with Crippen molar-refractivity contribution in [2.75, 3.05) is 25.6 Å². The first kappa shape index (κ1) is 24.1. The van der Waals surface area contributed by atoms with Crippen LogP contribution in [0.1, 0.15) is 49.1 Å². The van der Waals surface area contributed by atoms with Crippen LogP contribution in [0.15, 0.2) is 48.5 Å². The Balaban J connectivity index is 1.79. The summed E-state index contributed by atoms with van der Waals surface area (Å²) in [6, 6.07) is 16.7. The van der Waals surface area contributed by atoms with E-state index >= 15 is 0 Å². The number of H-pyrrole nitrogens is 1. The summed E-state index contributed by atoms with van der Waals surface area (Å²) in [7, 11) is 1.52. The van der Waals surface area contributed by atoms with Gasteiger partial charge in [-0.3, -0.25) is 4.79 Å². The van der Waals surface area contributed by atoms with Crippen molar-refractivity contribution >= 4 is 29.2 Å². The van der Waals surface area contributed by atoms with Crippen LogP contribution >= 0.6 is 11.6 Å². The number of aromatic amines is 1. The van der Waals surface area contributed by atoms with E-state index < -0.39 is 17.8 Å². The van der Waals surface area contributed by atoms with Gasteiger partial charge in [0.25, 0.3) is 5.91 Å². The topological polar surface area (TPSA) is 104 Å². The van der Waals surface area contributed by atoms with Crippen LogP contribution in [0.5, 0.6) is 0 Å². The zero-order valence-corrected chi connectivity index (χ0v) is 19.3. The zero-order valence-electron chi connectivity index (χ0n) is 18.6. The van der Waals surface area contributed by atoms with E-state index in [-0.39, 0.29) is 18.9 Å². The average molecular weight is 466 g/mol. The molecule has 1 heterocycles. The number of esters is 1. The summed E-state index contributed by atoms with van der Waals surface area (Å²) in [5.41, 5.74) is 3.55. The van der Waals surface area contributed by atoms with E-state index in [1.54, 1.807) is 32.0 Å². The number of rotatable bonds is 8. The Kier molecular flexibility index (Phi) is 7.88. The van der Waals surface area contributed by atoms with E-state index in [9.17, 15) is 14.9 Å². The highest BCUT2D eigenvalue weighted by Crippen LogP contribution is 2.32. The molecular formula is C25H24ClN3O4. The molecule has 0 bridgehead atoms. The van der Waals surface area contributed by atoms with Crippen LogP contribution in [0, 0.1) is 25.2 Å². The molecule has 0 radical (unpaired) electrons. The highest BCUT2D eigenvalue weighted by Gasteiger charge is 2.23. The molecule has 1 amide bonds. The normalized spacial score (nSPS) is 11.5.